The molecule has 0 bridgehead atoms. The summed E-state index contributed by atoms with van der Waals surface area (Å²) in [5, 5.41) is 2.15. The summed E-state index contributed by atoms with van der Waals surface area (Å²) in [7, 11) is 0. The van der Waals surface area contributed by atoms with Crippen molar-refractivity contribution in [3.05, 3.63) is 257 Å². The molecule has 0 saturated heterocycles. The second-order valence-corrected chi connectivity index (χ2v) is 17.5. The Hall–Kier alpha value is -8.54. The van der Waals surface area contributed by atoms with Gasteiger partial charge in [0.15, 0.2) is 5.58 Å². The molecule has 11 aromatic rings. The molecular weight excluding hydrogens is 795 g/mol. The predicted molar refractivity (Wildman–Crippen MR) is 258 cm³/mol. The van der Waals surface area contributed by atoms with Gasteiger partial charge in [0.2, 0.25) is 0 Å². The lowest BCUT2D eigenvalue weighted by Gasteiger charge is -2.40. The smallest absolute Gasteiger partial charge is 0.159 e. The SMILES string of the molecule is c1ccc(N(c2cnc3c(c2)C2(c4ccccc4Oc4cc5c(cc42)-c2ccccc2C52c4ccccc4-c4ccccc42)c2cccnc2-3)c2cccc3c2oc2ccccc23)cc1. The van der Waals surface area contributed by atoms with Crippen LogP contribution in [-0.4, -0.2) is 9.97 Å². The third-order valence-corrected chi connectivity index (χ3v) is 14.6. The van der Waals surface area contributed by atoms with E-state index in [9.17, 15) is 0 Å². The van der Waals surface area contributed by atoms with Crippen LogP contribution in [0.2, 0.25) is 0 Å². The summed E-state index contributed by atoms with van der Waals surface area (Å²) in [6, 6.07) is 72.1. The zero-order valence-electron chi connectivity index (χ0n) is 34.9. The van der Waals surface area contributed by atoms with Crippen molar-refractivity contribution in [2.24, 2.45) is 0 Å². The van der Waals surface area contributed by atoms with Gasteiger partial charge in [0.25, 0.3) is 0 Å². The standard InChI is InChI=1S/C60H35N3O2/c1-2-16-36(17-3-1)63(52-28-14-22-42-41-21-7-12-29-53(41)65-58(42)52)37-32-51-57(62-35-37)56-48(27-15-31-61-56)60(51)47-26-11-13-30-54(47)64-55-34-49-43(33-50(55)60)40-20-6-10-25-46(40)59(49)44-23-8-4-18-38(44)39-19-5-9-24-45(39)59/h1-35H. The van der Waals surface area contributed by atoms with Gasteiger partial charge in [-0.15, -0.1) is 0 Å². The average molecular weight is 830 g/mol. The van der Waals surface area contributed by atoms with Crippen LogP contribution in [0.1, 0.15) is 44.5 Å². The number of furan rings is 1. The van der Waals surface area contributed by atoms with Gasteiger partial charge < -0.3 is 14.1 Å². The minimum absolute atomic E-state index is 0.517. The van der Waals surface area contributed by atoms with Crippen LogP contribution in [0, 0.1) is 0 Å². The van der Waals surface area contributed by atoms with Crippen molar-refractivity contribution in [2.45, 2.75) is 10.8 Å². The first-order valence-corrected chi connectivity index (χ1v) is 22.2. The normalized spacial score (nSPS) is 16.0. The number of ether oxygens (including phenoxy) is 1. The van der Waals surface area contributed by atoms with Crippen LogP contribution >= 0.6 is 0 Å². The van der Waals surface area contributed by atoms with Crippen LogP contribution in [-0.2, 0) is 10.8 Å². The van der Waals surface area contributed by atoms with Gasteiger partial charge >= 0.3 is 0 Å². The maximum absolute atomic E-state index is 7.23. The van der Waals surface area contributed by atoms with Crippen molar-refractivity contribution in [1.82, 2.24) is 9.97 Å². The number of benzene rings is 8. The Kier molecular flexibility index (Phi) is 6.76. The van der Waals surface area contributed by atoms with Crippen molar-refractivity contribution in [3.63, 3.8) is 0 Å². The minimum Gasteiger partial charge on any atom is -0.457 e. The topological polar surface area (TPSA) is 51.4 Å². The van der Waals surface area contributed by atoms with E-state index in [2.05, 4.69) is 193 Å². The molecule has 3 aliphatic carbocycles. The number of fused-ring (bicyclic) bond motifs is 22. The van der Waals surface area contributed by atoms with E-state index in [1.165, 1.54) is 44.5 Å². The zero-order valence-corrected chi connectivity index (χ0v) is 34.9. The van der Waals surface area contributed by atoms with Gasteiger partial charge in [0.1, 0.15) is 17.1 Å². The van der Waals surface area contributed by atoms with E-state index in [0.29, 0.717) is 0 Å². The molecule has 0 saturated carbocycles. The number of anilines is 3. The van der Waals surface area contributed by atoms with Crippen LogP contribution in [0.5, 0.6) is 11.5 Å². The highest BCUT2D eigenvalue weighted by atomic mass is 16.5. The van der Waals surface area contributed by atoms with Gasteiger partial charge in [-0.1, -0.05) is 146 Å². The van der Waals surface area contributed by atoms with Gasteiger partial charge in [-0.2, -0.15) is 0 Å². The molecule has 0 amide bonds. The second kappa shape index (κ2) is 12.6. The highest BCUT2D eigenvalue weighted by Gasteiger charge is 2.56. The Morgan fingerprint density at radius 1 is 0.385 bits per heavy atom. The highest BCUT2D eigenvalue weighted by molar-refractivity contribution is 6.10. The molecule has 8 aromatic carbocycles. The summed E-state index contributed by atoms with van der Waals surface area (Å²) < 4.78 is 13.9. The fourth-order valence-corrected chi connectivity index (χ4v) is 12.2. The Balaban J connectivity index is 1.03. The molecule has 3 aromatic heterocycles. The summed E-state index contributed by atoms with van der Waals surface area (Å²) in [6.07, 6.45) is 3.88. The molecule has 0 N–H and O–H groups in total. The lowest BCUT2D eigenvalue weighted by molar-refractivity contribution is 0.435. The first kappa shape index (κ1) is 35.0. The third kappa shape index (κ3) is 4.28. The van der Waals surface area contributed by atoms with Gasteiger partial charge in [-0.25, -0.2) is 0 Å². The van der Waals surface area contributed by atoms with E-state index in [1.807, 2.05) is 24.5 Å². The largest absolute Gasteiger partial charge is 0.457 e. The van der Waals surface area contributed by atoms with Gasteiger partial charge in [0.05, 0.1) is 39.8 Å². The quantitative estimate of drug-likeness (QED) is 0.178. The molecule has 5 heteroatoms. The van der Waals surface area contributed by atoms with Gasteiger partial charge in [-0.05, 0) is 105 Å². The van der Waals surface area contributed by atoms with Crippen LogP contribution in [0.4, 0.5) is 17.1 Å². The average Bonchev–Trinajstić information content (AvgIpc) is 4.07. The Bertz CT molecular complexity index is 3810. The Morgan fingerprint density at radius 3 is 1.78 bits per heavy atom. The molecule has 0 radical (unpaired) electrons. The number of hydrogen-bond donors (Lipinski definition) is 0. The van der Waals surface area contributed by atoms with Gasteiger partial charge in [-0.3, -0.25) is 9.97 Å². The molecule has 15 rings (SSSR count). The molecule has 302 valence electrons. The predicted octanol–water partition coefficient (Wildman–Crippen LogP) is 14.7. The van der Waals surface area contributed by atoms with Crippen LogP contribution < -0.4 is 9.64 Å². The summed E-state index contributed by atoms with van der Waals surface area (Å²) in [6.45, 7) is 0. The number of para-hydroxylation sites is 4. The van der Waals surface area contributed by atoms with Crippen molar-refractivity contribution in [2.75, 3.05) is 4.90 Å². The van der Waals surface area contributed by atoms with E-state index in [-0.39, 0.29) is 0 Å². The van der Waals surface area contributed by atoms with Crippen LogP contribution in [0.3, 0.4) is 0 Å². The van der Waals surface area contributed by atoms with Crippen LogP contribution in [0.25, 0.3) is 55.6 Å². The second-order valence-electron chi connectivity index (χ2n) is 17.5. The van der Waals surface area contributed by atoms with Crippen molar-refractivity contribution in [1.29, 1.82) is 0 Å². The summed E-state index contributed by atoms with van der Waals surface area (Å²) in [5.41, 5.74) is 19.3. The molecule has 65 heavy (non-hydrogen) atoms. The number of hydrogen-bond acceptors (Lipinski definition) is 5. The summed E-state index contributed by atoms with van der Waals surface area (Å²) >= 11 is 0. The highest BCUT2D eigenvalue weighted by Crippen LogP contribution is 2.67. The monoisotopic (exact) mass is 829 g/mol. The van der Waals surface area contributed by atoms with Crippen molar-refractivity contribution >= 4 is 39.0 Å². The van der Waals surface area contributed by atoms with E-state index < -0.39 is 10.8 Å². The molecule has 2 spiro atoms. The number of pyridine rings is 2. The lowest BCUT2D eigenvalue weighted by Crippen LogP contribution is -2.33. The van der Waals surface area contributed by atoms with E-state index in [0.717, 1.165) is 84.1 Å². The number of aromatic nitrogens is 2. The van der Waals surface area contributed by atoms with Gasteiger partial charge in [0, 0.05) is 39.3 Å². The van der Waals surface area contributed by atoms with E-state index in [1.54, 1.807) is 0 Å². The first-order valence-electron chi connectivity index (χ1n) is 22.2. The van der Waals surface area contributed by atoms with E-state index in [4.69, 9.17) is 19.1 Å². The Morgan fingerprint density at radius 2 is 1.00 bits per heavy atom. The Labute approximate surface area is 374 Å². The maximum atomic E-state index is 7.23. The molecule has 1 atom stereocenters. The molecule has 5 nitrogen and oxygen atoms in total. The zero-order chi connectivity index (χ0) is 42.4. The van der Waals surface area contributed by atoms with Crippen molar-refractivity contribution < 1.29 is 9.15 Å². The fourth-order valence-electron chi connectivity index (χ4n) is 12.2. The number of nitrogens with zero attached hydrogens (tertiary/aromatic N) is 3. The molecule has 4 heterocycles. The van der Waals surface area contributed by atoms with Crippen LogP contribution in [0.15, 0.2) is 217 Å². The molecular formula is C60H35N3O2. The lowest BCUT2D eigenvalue weighted by atomic mass is 9.65. The fraction of sp³-hybridized carbons (Fsp3) is 0.0333. The van der Waals surface area contributed by atoms with Crippen molar-refractivity contribution in [3.8, 4) is 45.1 Å². The third-order valence-electron chi connectivity index (χ3n) is 14.6. The minimum atomic E-state index is -0.828. The number of rotatable bonds is 3. The molecule has 1 unspecified atom stereocenters. The van der Waals surface area contributed by atoms with E-state index >= 15 is 0 Å². The first-order chi connectivity index (χ1) is 32.2. The maximum Gasteiger partial charge on any atom is 0.159 e. The summed E-state index contributed by atoms with van der Waals surface area (Å²) in [5.74, 6) is 1.65. The summed E-state index contributed by atoms with van der Waals surface area (Å²) in [4.78, 5) is 12.9. The molecule has 0 fully saturated rings. The molecule has 4 aliphatic rings. The molecule has 1 aliphatic heterocycles.